The molecular formula is C20H26FN5O4. The van der Waals surface area contributed by atoms with Gasteiger partial charge in [0.05, 0.1) is 11.9 Å². The standard InChI is InChI=1S/C20H26FN5O4/c1-22(2)11-15-24(4)26-10-13(20(28)29)18(27)12-9-14(21)17(19(30-15)16(12)26)25-7-5-23(3)6-8-25/h9-10,15H,5-8,11H2,1-4H3,(H,28,29). The molecule has 1 atom stereocenters. The summed E-state index contributed by atoms with van der Waals surface area (Å²) in [5.41, 5.74) is -0.416. The third-order valence-electron chi connectivity index (χ3n) is 5.73. The van der Waals surface area contributed by atoms with Crippen LogP contribution in [0.2, 0.25) is 0 Å². The van der Waals surface area contributed by atoms with Crippen LogP contribution in [-0.4, -0.2) is 92.7 Å². The number of piperazine rings is 1. The molecule has 2 aromatic rings. The number of halogens is 1. The number of aromatic nitrogens is 1. The summed E-state index contributed by atoms with van der Waals surface area (Å²) < 4.78 is 23.2. The van der Waals surface area contributed by atoms with Gasteiger partial charge in [0.2, 0.25) is 5.43 Å². The minimum absolute atomic E-state index is 0.00423. The van der Waals surface area contributed by atoms with Gasteiger partial charge in [-0.15, -0.1) is 0 Å². The number of nitrogens with zero attached hydrogens (tertiary/aromatic N) is 5. The molecule has 1 unspecified atom stereocenters. The predicted octanol–water partition coefficient (Wildman–Crippen LogP) is 0.439. The number of carbonyl (C=O) groups is 1. The van der Waals surface area contributed by atoms with Gasteiger partial charge in [-0.05, 0) is 27.2 Å². The van der Waals surface area contributed by atoms with Crippen molar-refractivity contribution in [2.75, 3.05) is 70.8 Å². The summed E-state index contributed by atoms with van der Waals surface area (Å²) in [5, 5.41) is 11.2. The van der Waals surface area contributed by atoms with E-state index >= 15 is 4.39 Å². The average Bonchev–Trinajstić information content (AvgIpc) is 2.67. The molecule has 1 aromatic carbocycles. The van der Waals surface area contributed by atoms with Gasteiger partial charge in [0, 0.05) is 39.4 Å². The van der Waals surface area contributed by atoms with Crippen molar-refractivity contribution in [3.8, 4) is 5.75 Å². The number of aromatic carboxylic acids is 1. The Bertz CT molecular complexity index is 1060. The molecule has 4 rings (SSSR count). The fourth-order valence-electron chi connectivity index (χ4n) is 4.05. The third-order valence-corrected chi connectivity index (χ3v) is 5.73. The monoisotopic (exact) mass is 419 g/mol. The molecule has 1 saturated heterocycles. The molecule has 9 nitrogen and oxygen atoms in total. The van der Waals surface area contributed by atoms with Crippen LogP contribution in [0, 0.1) is 5.82 Å². The Labute approximate surface area is 173 Å². The van der Waals surface area contributed by atoms with Gasteiger partial charge in [0.15, 0.2) is 17.8 Å². The number of carboxylic acid groups (broad SMARTS) is 1. The number of likely N-dealkylation sites (N-methyl/N-ethyl adjacent to an activating group) is 3. The predicted molar refractivity (Wildman–Crippen MR) is 112 cm³/mol. The van der Waals surface area contributed by atoms with E-state index in [0.717, 1.165) is 19.2 Å². The Balaban J connectivity index is 1.99. The van der Waals surface area contributed by atoms with Crippen molar-refractivity contribution >= 4 is 22.6 Å². The largest absolute Gasteiger partial charge is 0.477 e. The van der Waals surface area contributed by atoms with Crippen LogP contribution in [0.5, 0.6) is 5.75 Å². The maximum atomic E-state index is 15.3. The number of hydrogen-bond acceptors (Lipinski definition) is 7. The molecule has 162 valence electrons. The van der Waals surface area contributed by atoms with Crippen molar-refractivity contribution in [3.63, 3.8) is 0 Å². The minimum atomic E-state index is -1.35. The Kier molecular flexibility index (Phi) is 5.07. The van der Waals surface area contributed by atoms with Crippen molar-refractivity contribution in [2.24, 2.45) is 0 Å². The normalized spacial score (nSPS) is 19.5. The molecule has 30 heavy (non-hydrogen) atoms. The summed E-state index contributed by atoms with van der Waals surface area (Å²) in [4.78, 5) is 30.5. The Hall–Kier alpha value is -2.85. The fraction of sp³-hybridized carbons (Fsp3) is 0.500. The number of anilines is 1. The number of ether oxygens (including phenoxy) is 1. The highest BCUT2D eigenvalue weighted by Crippen LogP contribution is 2.41. The zero-order valence-corrected chi connectivity index (χ0v) is 17.6. The van der Waals surface area contributed by atoms with E-state index < -0.39 is 29.0 Å². The van der Waals surface area contributed by atoms with Crippen LogP contribution in [0.25, 0.3) is 10.9 Å². The highest BCUT2D eigenvalue weighted by molar-refractivity contribution is 5.97. The topological polar surface area (TPSA) is 81.5 Å². The van der Waals surface area contributed by atoms with E-state index in [2.05, 4.69) is 4.90 Å². The minimum Gasteiger partial charge on any atom is -0.477 e. The summed E-state index contributed by atoms with van der Waals surface area (Å²) in [6, 6.07) is 1.14. The Morgan fingerprint density at radius 3 is 2.53 bits per heavy atom. The van der Waals surface area contributed by atoms with Crippen molar-refractivity contribution in [3.05, 3.63) is 33.9 Å². The average molecular weight is 419 g/mol. The quantitative estimate of drug-likeness (QED) is 0.765. The van der Waals surface area contributed by atoms with Crippen LogP contribution < -0.4 is 20.1 Å². The second-order valence-electron chi connectivity index (χ2n) is 8.15. The van der Waals surface area contributed by atoms with E-state index in [1.54, 1.807) is 16.7 Å². The molecule has 1 fully saturated rings. The second-order valence-corrected chi connectivity index (χ2v) is 8.15. The van der Waals surface area contributed by atoms with Crippen molar-refractivity contribution in [2.45, 2.75) is 6.23 Å². The smallest absolute Gasteiger partial charge is 0.341 e. The zero-order valence-electron chi connectivity index (χ0n) is 17.6. The number of rotatable bonds is 4. The molecule has 3 heterocycles. The van der Waals surface area contributed by atoms with E-state index in [1.165, 1.54) is 6.20 Å². The van der Waals surface area contributed by atoms with Gasteiger partial charge in [-0.1, -0.05) is 0 Å². The van der Waals surface area contributed by atoms with Crippen molar-refractivity contribution in [1.29, 1.82) is 0 Å². The molecule has 2 aliphatic rings. The number of pyridine rings is 1. The maximum absolute atomic E-state index is 15.3. The van der Waals surface area contributed by atoms with E-state index in [1.807, 2.05) is 30.9 Å². The molecule has 2 aliphatic heterocycles. The lowest BCUT2D eigenvalue weighted by atomic mass is 10.1. The third kappa shape index (κ3) is 3.25. The van der Waals surface area contributed by atoms with Crippen LogP contribution in [0.4, 0.5) is 10.1 Å². The first kappa shape index (κ1) is 20.4. The number of carboxylic acids is 1. The zero-order chi connectivity index (χ0) is 21.7. The Morgan fingerprint density at radius 1 is 1.27 bits per heavy atom. The van der Waals surface area contributed by atoms with Gasteiger partial charge < -0.3 is 24.5 Å². The lowest BCUT2D eigenvalue weighted by molar-refractivity contribution is 0.0693. The fourth-order valence-corrected chi connectivity index (χ4v) is 4.05. The molecule has 0 aliphatic carbocycles. The summed E-state index contributed by atoms with van der Waals surface area (Å²) in [5.74, 6) is -1.64. The van der Waals surface area contributed by atoms with Crippen LogP contribution in [0.15, 0.2) is 17.1 Å². The van der Waals surface area contributed by atoms with Gasteiger partial charge in [-0.25, -0.2) is 9.18 Å². The molecule has 1 aromatic heterocycles. The lowest BCUT2D eigenvalue weighted by Gasteiger charge is -2.41. The van der Waals surface area contributed by atoms with Gasteiger partial charge in [0.25, 0.3) is 0 Å². The summed E-state index contributed by atoms with van der Waals surface area (Å²) in [6.45, 7) is 3.30. The highest BCUT2D eigenvalue weighted by atomic mass is 19.1. The van der Waals surface area contributed by atoms with Crippen LogP contribution in [0.3, 0.4) is 0 Å². The van der Waals surface area contributed by atoms with Crippen LogP contribution >= 0.6 is 0 Å². The lowest BCUT2D eigenvalue weighted by Crippen LogP contribution is -2.53. The van der Waals surface area contributed by atoms with Gasteiger partial charge in [-0.2, -0.15) is 0 Å². The first-order valence-electron chi connectivity index (χ1n) is 9.82. The highest BCUT2D eigenvalue weighted by Gasteiger charge is 2.34. The summed E-state index contributed by atoms with van der Waals surface area (Å²) in [7, 11) is 7.56. The van der Waals surface area contributed by atoms with Gasteiger partial charge in [0.1, 0.15) is 16.8 Å². The van der Waals surface area contributed by atoms with Gasteiger partial charge >= 0.3 is 5.97 Å². The molecule has 10 heteroatoms. The van der Waals surface area contributed by atoms with E-state index in [0.29, 0.717) is 30.8 Å². The van der Waals surface area contributed by atoms with Crippen molar-refractivity contribution in [1.82, 2.24) is 14.5 Å². The number of hydrogen-bond donors (Lipinski definition) is 1. The number of benzene rings is 1. The van der Waals surface area contributed by atoms with E-state index in [4.69, 9.17) is 4.74 Å². The summed E-state index contributed by atoms with van der Waals surface area (Å²) in [6.07, 6.45) is 0.806. The first-order valence-corrected chi connectivity index (χ1v) is 9.82. The van der Waals surface area contributed by atoms with Crippen LogP contribution in [0.1, 0.15) is 10.4 Å². The second kappa shape index (κ2) is 7.44. The van der Waals surface area contributed by atoms with E-state index in [-0.39, 0.29) is 11.1 Å². The molecule has 0 bridgehead atoms. The SMILES string of the molecule is CN(C)CC1Oc2c(N3CCN(C)CC3)c(F)cc3c(=O)c(C(=O)O)cn(c23)N1C. The van der Waals surface area contributed by atoms with Crippen LogP contribution in [-0.2, 0) is 0 Å². The van der Waals surface area contributed by atoms with Gasteiger partial charge in [-0.3, -0.25) is 14.5 Å². The molecule has 0 saturated carbocycles. The Morgan fingerprint density at radius 2 is 1.93 bits per heavy atom. The molecule has 0 radical (unpaired) electrons. The molecule has 0 spiro atoms. The van der Waals surface area contributed by atoms with E-state index in [9.17, 15) is 14.7 Å². The molecular weight excluding hydrogens is 393 g/mol. The van der Waals surface area contributed by atoms with Crippen molar-refractivity contribution < 1.29 is 19.0 Å². The molecule has 1 N–H and O–H groups in total. The summed E-state index contributed by atoms with van der Waals surface area (Å²) >= 11 is 0. The molecule has 0 amide bonds. The maximum Gasteiger partial charge on any atom is 0.341 e. The first-order chi connectivity index (χ1) is 14.2.